The molecule has 2 aromatic rings. The van der Waals surface area contributed by atoms with Crippen LogP contribution in [0.15, 0.2) is 40.8 Å². The van der Waals surface area contributed by atoms with Crippen LogP contribution < -0.4 is 0 Å². The molecule has 0 radical (unpaired) electrons. The number of nitro benzene ring substituents is 1. The Labute approximate surface area is 146 Å². The number of nitro groups is 1. The molecule has 138 valence electrons. The van der Waals surface area contributed by atoms with Crippen LogP contribution in [0.25, 0.3) is 11.3 Å². The molecule has 0 N–H and O–H groups in total. The Morgan fingerprint density at radius 2 is 1.88 bits per heavy atom. The van der Waals surface area contributed by atoms with E-state index in [1.54, 1.807) is 0 Å². The van der Waals surface area contributed by atoms with Gasteiger partial charge in [-0.1, -0.05) is 0 Å². The highest BCUT2D eigenvalue weighted by Gasteiger charge is 2.43. The highest BCUT2D eigenvalue weighted by molar-refractivity contribution is 5.92. The summed E-state index contributed by atoms with van der Waals surface area (Å²) in [7, 11) is 0. The largest absolute Gasteiger partial charge is 0.451 e. The predicted octanol–water partition coefficient (Wildman–Crippen LogP) is 4.27. The van der Waals surface area contributed by atoms with E-state index in [1.165, 1.54) is 36.4 Å². The van der Waals surface area contributed by atoms with Crippen molar-refractivity contribution in [2.45, 2.75) is 19.0 Å². The second-order valence-electron chi connectivity index (χ2n) is 6.10. The van der Waals surface area contributed by atoms with E-state index >= 15 is 0 Å². The number of nitrogens with zero attached hydrogens (tertiary/aromatic N) is 2. The number of non-ortho nitro benzene ring substituents is 1. The minimum absolute atomic E-state index is 0.0134. The lowest BCUT2D eigenvalue weighted by atomic mass is 9.97. The quantitative estimate of drug-likeness (QED) is 0.599. The third-order valence-electron chi connectivity index (χ3n) is 4.35. The highest BCUT2D eigenvalue weighted by atomic mass is 19.4. The number of hydrogen-bond donors (Lipinski definition) is 0. The van der Waals surface area contributed by atoms with Gasteiger partial charge in [-0.25, -0.2) is 0 Å². The van der Waals surface area contributed by atoms with E-state index in [0.29, 0.717) is 11.3 Å². The van der Waals surface area contributed by atoms with Crippen molar-refractivity contribution in [2.75, 3.05) is 13.1 Å². The fraction of sp³-hybridized carbons (Fsp3) is 0.353. The molecule has 0 aliphatic carbocycles. The van der Waals surface area contributed by atoms with Gasteiger partial charge in [-0.3, -0.25) is 14.9 Å². The Balaban J connectivity index is 1.74. The zero-order valence-electron chi connectivity index (χ0n) is 13.5. The number of halogens is 3. The molecule has 0 saturated carbocycles. The standard InChI is InChI=1S/C17H15F3N2O4/c18-17(19,20)12-2-1-9-21(10-12)16(23)15-8-7-14(26-15)11-3-5-13(6-4-11)22(24)25/h3-8,12H,1-2,9-10H2/t12-/m0/s1. The van der Waals surface area contributed by atoms with Gasteiger partial charge in [0.15, 0.2) is 5.76 Å². The molecule has 9 heteroatoms. The minimum atomic E-state index is -4.33. The third kappa shape index (κ3) is 3.71. The summed E-state index contributed by atoms with van der Waals surface area (Å²) < 4.78 is 44.1. The van der Waals surface area contributed by atoms with E-state index in [4.69, 9.17) is 4.42 Å². The average Bonchev–Trinajstić information content (AvgIpc) is 3.10. The molecule has 1 aromatic carbocycles. The van der Waals surface area contributed by atoms with Crippen molar-refractivity contribution in [3.05, 3.63) is 52.3 Å². The lowest BCUT2D eigenvalue weighted by Crippen LogP contribution is -2.44. The van der Waals surface area contributed by atoms with Crippen LogP contribution in [0.1, 0.15) is 23.4 Å². The van der Waals surface area contributed by atoms with E-state index < -0.39 is 22.9 Å². The molecule has 0 bridgehead atoms. The van der Waals surface area contributed by atoms with Crippen molar-refractivity contribution in [2.24, 2.45) is 5.92 Å². The summed E-state index contributed by atoms with van der Waals surface area (Å²) >= 11 is 0. The first kappa shape index (κ1) is 18.0. The molecule has 26 heavy (non-hydrogen) atoms. The van der Waals surface area contributed by atoms with Crippen molar-refractivity contribution in [1.29, 1.82) is 0 Å². The van der Waals surface area contributed by atoms with E-state index in [2.05, 4.69) is 0 Å². The molecule has 3 rings (SSSR count). The van der Waals surface area contributed by atoms with Crippen LogP contribution >= 0.6 is 0 Å². The molecule has 2 heterocycles. The monoisotopic (exact) mass is 368 g/mol. The molecule has 0 unspecified atom stereocenters. The van der Waals surface area contributed by atoms with E-state index in [0.717, 1.165) is 4.90 Å². The first-order valence-electron chi connectivity index (χ1n) is 7.96. The SMILES string of the molecule is O=C(c1ccc(-c2ccc([N+](=O)[O-])cc2)o1)N1CCC[C@H](C(F)(F)F)C1. The molecule has 1 atom stereocenters. The maximum Gasteiger partial charge on any atom is 0.393 e. The maximum atomic E-state index is 12.9. The minimum Gasteiger partial charge on any atom is -0.451 e. The van der Waals surface area contributed by atoms with Crippen molar-refractivity contribution in [3.63, 3.8) is 0 Å². The van der Waals surface area contributed by atoms with Crippen LogP contribution in [0, 0.1) is 16.0 Å². The number of benzene rings is 1. The maximum absolute atomic E-state index is 12.9. The number of carbonyl (C=O) groups excluding carboxylic acids is 1. The molecule has 1 aliphatic heterocycles. The Bertz CT molecular complexity index is 814. The van der Waals surface area contributed by atoms with Crippen LogP contribution in [0.2, 0.25) is 0 Å². The smallest absolute Gasteiger partial charge is 0.393 e. The molecule has 1 amide bonds. The first-order chi connectivity index (χ1) is 12.3. The van der Waals surface area contributed by atoms with Gasteiger partial charge in [0.2, 0.25) is 0 Å². The highest BCUT2D eigenvalue weighted by Crippen LogP contribution is 2.34. The van der Waals surface area contributed by atoms with Crippen LogP contribution in [0.5, 0.6) is 0 Å². The zero-order chi connectivity index (χ0) is 18.9. The Morgan fingerprint density at radius 1 is 1.19 bits per heavy atom. The van der Waals surface area contributed by atoms with E-state index in [9.17, 15) is 28.1 Å². The number of carbonyl (C=O) groups is 1. The second-order valence-corrected chi connectivity index (χ2v) is 6.10. The lowest BCUT2D eigenvalue weighted by molar-refractivity contribution is -0.384. The normalized spacial score (nSPS) is 18.0. The van der Waals surface area contributed by atoms with Crippen molar-refractivity contribution in [3.8, 4) is 11.3 Å². The fourth-order valence-corrected chi connectivity index (χ4v) is 2.94. The summed E-state index contributed by atoms with van der Waals surface area (Å²) in [5.41, 5.74) is 0.449. The molecule has 0 spiro atoms. The number of rotatable bonds is 3. The van der Waals surface area contributed by atoms with Gasteiger partial charge < -0.3 is 9.32 Å². The summed E-state index contributed by atoms with van der Waals surface area (Å²) in [4.78, 5) is 23.7. The summed E-state index contributed by atoms with van der Waals surface area (Å²) in [6.45, 7) is -0.130. The Hall–Kier alpha value is -2.84. The first-order valence-corrected chi connectivity index (χ1v) is 7.96. The number of likely N-dealkylation sites (tertiary alicyclic amines) is 1. The Morgan fingerprint density at radius 3 is 2.50 bits per heavy atom. The van der Waals surface area contributed by atoms with Crippen molar-refractivity contribution >= 4 is 11.6 Å². The van der Waals surface area contributed by atoms with Gasteiger partial charge in [0.1, 0.15) is 5.76 Å². The number of furan rings is 1. The van der Waals surface area contributed by atoms with Gasteiger partial charge in [-0.2, -0.15) is 13.2 Å². The van der Waals surface area contributed by atoms with Gasteiger partial charge in [-0.15, -0.1) is 0 Å². The summed E-state index contributed by atoms with van der Waals surface area (Å²) in [5, 5.41) is 10.7. The predicted molar refractivity (Wildman–Crippen MR) is 85.5 cm³/mol. The van der Waals surface area contributed by atoms with Crippen LogP contribution in [-0.4, -0.2) is 35.0 Å². The summed E-state index contributed by atoms with van der Waals surface area (Å²) in [6, 6.07) is 8.48. The fourth-order valence-electron chi connectivity index (χ4n) is 2.94. The van der Waals surface area contributed by atoms with Gasteiger partial charge >= 0.3 is 6.18 Å². The van der Waals surface area contributed by atoms with Crippen LogP contribution in [0.4, 0.5) is 18.9 Å². The van der Waals surface area contributed by atoms with E-state index in [-0.39, 0.29) is 37.4 Å². The average molecular weight is 368 g/mol. The zero-order valence-corrected chi connectivity index (χ0v) is 13.5. The molecule has 1 aliphatic rings. The van der Waals surface area contributed by atoms with Crippen LogP contribution in [-0.2, 0) is 0 Å². The Kier molecular flexibility index (Phi) is 4.71. The molecule has 1 fully saturated rings. The number of piperidine rings is 1. The second kappa shape index (κ2) is 6.81. The van der Waals surface area contributed by atoms with Crippen LogP contribution in [0.3, 0.4) is 0 Å². The van der Waals surface area contributed by atoms with Crippen molar-refractivity contribution in [1.82, 2.24) is 4.90 Å². The summed E-state index contributed by atoms with van der Waals surface area (Å²) in [5.74, 6) is -1.86. The van der Waals surface area contributed by atoms with E-state index in [1.807, 2.05) is 0 Å². The molecular formula is C17H15F3N2O4. The number of alkyl halides is 3. The molecular weight excluding hydrogens is 353 g/mol. The van der Waals surface area contributed by atoms with Gasteiger partial charge in [0.25, 0.3) is 11.6 Å². The van der Waals surface area contributed by atoms with Gasteiger partial charge in [0.05, 0.1) is 10.8 Å². The van der Waals surface area contributed by atoms with Gasteiger partial charge in [-0.05, 0) is 37.1 Å². The number of hydrogen-bond acceptors (Lipinski definition) is 4. The third-order valence-corrected chi connectivity index (χ3v) is 4.35. The molecule has 1 saturated heterocycles. The molecule has 6 nitrogen and oxygen atoms in total. The molecule has 1 aromatic heterocycles. The summed E-state index contributed by atoms with van der Waals surface area (Å²) in [6.07, 6.45) is -4.03. The van der Waals surface area contributed by atoms with Crippen molar-refractivity contribution < 1.29 is 27.3 Å². The topological polar surface area (TPSA) is 76.6 Å². The number of amides is 1. The van der Waals surface area contributed by atoms with Gasteiger partial charge in [0, 0.05) is 30.8 Å². The lowest BCUT2D eigenvalue weighted by Gasteiger charge is -2.33.